The predicted molar refractivity (Wildman–Crippen MR) is 135 cm³/mol. The highest BCUT2D eigenvalue weighted by Gasteiger charge is 2.21. The first-order chi connectivity index (χ1) is 16.2. The van der Waals surface area contributed by atoms with Gasteiger partial charge in [-0.2, -0.15) is 0 Å². The van der Waals surface area contributed by atoms with E-state index in [0.717, 1.165) is 55.3 Å². The molecule has 174 valence electrons. The van der Waals surface area contributed by atoms with Crippen molar-refractivity contribution in [2.45, 2.75) is 53.5 Å². The lowest BCUT2D eigenvalue weighted by molar-refractivity contribution is -0.121. The number of amides is 1. The molecule has 0 aliphatic carbocycles. The second-order valence-corrected chi connectivity index (χ2v) is 9.24. The molecule has 5 rings (SSSR count). The number of benzene rings is 2. The third-order valence-electron chi connectivity index (χ3n) is 6.89. The molecule has 0 saturated carbocycles. The lowest BCUT2D eigenvalue weighted by atomic mass is 9.98. The summed E-state index contributed by atoms with van der Waals surface area (Å²) in [6.07, 6.45) is 2.65. The van der Waals surface area contributed by atoms with Crippen LogP contribution in [0.4, 0.5) is 0 Å². The minimum absolute atomic E-state index is 0.0250. The number of para-hydroxylation sites is 1. The monoisotopic (exact) mass is 456 g/mol. The van der Waals surface area contributed by atoms with Gasteiger partial charge in [0, 0.05) is 39.5 Å². The number of rotatable bonds is 5. The Balaban J connectivity index is 1.41. The molecule has 2 N–H and O–H groups in total. The molecule has 6 nitrogen and oxygen atoms in total. The van der Waals surface area contributed by atoms with Crippen LogP contribution in [0.25, 0.3) is 32.8 Å². The van der Waals surface area contributed by atoms with Crippen LogP contribution in [-0.2, 0) is 17.6 Å². The van der Waals surface area contributed by atoms with Gasteiger partial charge in [-0.3, -0.25) is 4.79 Å². The van der Waals surface area contributed by atoms with Gasteiger partial charge in [0.2, 0.25) is 5.91 Å². The van der Waals surface area contributed by atoms with E-state index in [1.807, 2.05) is 65.1 Å². The normalized spacial score (nSPS) is 12.6. The summed E-state index contributed by atoms with van der Waals surface area (Å²) in [6.45, 7) is 9.69. The molecule has 0 aliphatic rings. The van der Waals surface area contributed by atoms with Crippen molar-refractivity contribution in [2.75, 3.05) is 0 Å². The minimum atomic E-state index is -0.480. The lowest BCUT2D eigenvalue weighted by Gasteiger charge is -2.15. The van der Waals surface area contributed by atoms with Crippen LogP contribution in [-0.4, -0.2) is 16.9 Å². The van der Waals surface area contributed by atoms with Crippen LogP contribution in [0.1, 0.15) is 40.5 Å². The summed E-state index contributed by atoms with van der Waals surface area (Å²) in [7, 11) is 0. The number of carbonyl (C=O) groups is 1. The van der Waals surface area contributed by atoms with Crippen molar-refractivity contribution in [3.05, 3.63) is 80.5 Å². The fourth-order valence-corrected chi connectivity index (χ4v) is 4.86. The number of furan rings is 1. The Morgan fingerprint density at radius 3 is 2.47 bits per heavy atom. The maximum Gasteiger partial charge on any atom is 0.340 e. The molecule has 0 fully saturated rings. The maximum atomic E-state index is 12.9. The Bertz CT molecular complexity index is 1630. The van der Waals surface area contributed by atoms with Crippen molar-refractivity contribution in [1.82, 2.24) is 10.3 Å². The van der Waals surface area contributed by atoms with Crippen LogP contribution in [0.2, 0.25) is 0 Å². The number of H-pyrrole nitrogens is 1. The van der Waals surface area contributed by atoms with E-state index in [-0.39, 0.29) is 18.4 Å². The number of nitrogens with one attached hydrogen (secondary N) is 2. The van der Waals surface area contributed by atoms with Gasteiger partial charge in [0.05, 0.1) is 12.0 Å². The molecule has 34 heavy (non-hydrogen) atoms. The van der Waals surface area contributed by atoms with Crippen LogP contribution in [0.5, 0.6) is 0 Å². The Morgan fingerprint density at radius 2 is 1.68 bits per heavy atom. The number of hydrogen-bond donors (Lipinski definition) is 2. The maximum absolute atomic E-state index is 12.9. The van der Waals surface area contributed by atoms with Gasteiger partial charge in [-0.15, -0.1) is 0 Å². The average Bonchev–Trinajstić information content (AvgIpc) is 3.33. The molecular formula is C28H28N2O4. The fourth-order valence-electron chi connectivity index (χ4n) is 4.86. The van der Waals surface area contributed by atoms with E-state index in [0.29, 0.717) is 17.6 Å². The molecule has 1 amide bonds. The van der Waals surface area contributed by atoms with Crippen LogP contribution in [0.15, 0.2) is 50.2 Å². The van der Waals surface area contributed by atoms with Gasteiger partial charge in [-0.25, -0.2) is 4.79 Å². The van der Waals surface area contributed by atoms with E-state index in [1.54, 1.807) is 0 Å². The van der Waals surface area contributed by atoms with Gasteiger partial charge in [-0.05, 0) is 69.9 Å². The molecule has 2 aromatic carbocycles. The zero-order chi connectivity index (χ0) is 24.1. The predicted octanol–water partition coefficient (Wildman–Crippen LogP) is 5.54. The molecule has 6 heteroatoms. The Labute approximate surface area is 196 Å². The standard InChI is InChI=1S/C28H28N2O4/c1-14(10-19-13-29-24-9-7-6-8-20(19)24)30-25(31)12-23-16(3)22-11-21-15(2)18(5)33-26(21)17(4)27(22)34-28(23)32/h6-9,11,13-14,29H,10,12H2,1-5H3,(H,30,31). The molecular weight excluding hydrogens is 428 g/mol. The van der Waals surface area contributed by atoms with Crippen molar-refractivity contribution in [3.63, 3.8) is 0 Å². The third-order valence-corrected chi connectivity index (χ3v) is 6.89. The largest absolute Gasteiger partial charge is 0.461 e. The van der Waals surface area contributed by atoms with Crippen LogP contribution < -0.4 is 10.9 Å². The second kappa shape index (κ2) is 8.20. The van der Waals surface area contributed by atoms with Crippen LogP contribution in [0.3, 0.4) is 0 Å². The molecule has 1 atom stereocenters. The highest BCUT2D eigenvalue weighted by atomic mass is 16.4. The zero-order valence-corrected chi connectivity index (χ0v) is 20.1. The lowest BCUT2D eigenvalue weighted by Crippen LogP contribution is -2.36. The SMILES string of the molecule is Cc1oc2c(C)c3oc(=O)c(CC(=O)NC(C)Cc4c[nH]c5ccccc45)c(C)c3cc2c1C. The van der Waals surface area contributed by atoms with E-state index in [2.05, 4.69) is 16.4 Å². The minimum Gasteiger partial charge on any atom is -0.461 e. The molecule has 3 heterocycles. The highest BCUT2D eigenvalue weighted by Crippen LogP contribution is 2.34. The molecule has 0 spiro atoms. The smallest absolute Gasteiger partial charge is 0.340 e. The van der Waals surface area contributed by atoms with Gasteiger partial charge in [0.15, 0.2) is 0 Å². The summed E-state index contributed by atoms with van der Waals surface area (Å²) in [4.78, 5) is 29.0. The highest BCUT2D eigenvalue weighted by molar-refractivity contribution is 6.00. The van der Waals surface area contributed by atoms with E-state index in [9.17, 15) is 9.59 Å². The van der Waals surface area contributed by atoms with Crippen molar-refractivity contribution >= 4 is 38.7 Å². The first-order valence-corrected chi connectivity index (χ1v) is 11.5. The summed E-state index contributed by atoms with van der Waals surface area (Å²) in [6, 6.07) is 10.0. The van der Waals surface area contributed by atoms with Gasteiger partial charge in [0.1, 0.15) is 16.9 Å². The van der Waals surface area contributed by atoms with Crippen molar-refractivity contribution in [3.8, 4) is 0 Å². The number of aryl methyl sites for hydroxylation is 4. The van der Waals surface area contributed by atoms with E-state index in [1.165, 1.54) is 0 Å². The van der Waals surface area contributed by atoms with Crippen molar-refractivity contribution < 1.29 is 13.6 Å². The number of aromatic nitrogens is 1. The molecule has 0 bridgehead atoms. The number of fused-ring (bicyclic) bond motifs is 3. The summed E-state index contributed by atoms with van der Waals surface area (Å²) in [5.41, 5.74) is 6.02. The Hall–Kier alpha value is -3.80. The van der Waals surface area contributed by atoms with Crippen molar-refractivity contribution in [1.29, 1.82) is 0 Å². The average molecular weight is 457 g/mol. The third kappa shape index (κ3) is 3.59. The number of hydrogen-bond acceptors (Lipinski definition) is 4. The van der Waals surface area contributed by atoms with Gasteiger partial charge in [0.25, 0.3) is 0 Å². The quantitative estimate of drug-likeness (QED) is 0.340. The molecule has 1 unspecified atom stereocenters. The van der Waals surface area contributed by atoms with E-state index in [4.69, 9.17) is 8.83 Å². The summed E-state index contributed by atoms with van der Waals surface area (Å²) in [5.74, 6) is 0.646. The van der Waals surface area contributed by atoms with E-state index >= 15 is 0 Å². The molecule has 3 aromatic heterocycles. The van der Waals surface area contributed by atoms with Crippen LogP contribution in [0, 0.1) is 27.7 Å². The van der Waals surface area contributed by atoms with Crippen LogP contribution >= 0.6 is 0 Å². The fraction of sp³-hybridized carbons (Fsp3) is 0.286. The topological polar surface area (TPSA) is 88.2 Å². The first-order valence-electron chi connectivity index (χ1n) is 11.5. The van der Waals surface area contributed by atoms with Gasteiger partial charge < -0.3 is 19.1 Å². The summed E-state index contributed by atoms with van der Waals surface area (Å²) < 4.78 is 11.6. The molecule has 0 aliphatic heterocycles. The second-order valence-electron chi connectivity index (χ2n) is 9.24. The number of aromatic amines is 1. The molecule has 0 saturated heterocycles. The molecule has 5 aromatic rings. The zero-order valence-electron chi connectivity index (χ0n) is 20.1. The van der Waals surface area contributed by atoms with Crippen molar-refractivity contribution in [2.24, 2.45) is 0 Å². The van der Waals surface area contributed by atoms with E-state index < -0.39 is 5.63 Å². The Kier molecular flexibility index (Phi) is 5.31. The summed E-state index contributed by atoms with van der Waals surface area (Å²) >= 11 is 0. The first kappa shape index (κ1) is 22.0. The Morgan fingerprint density at radius 1 is 0.971 bits per heavy atom. The number of carbonyl (C=O) groups excluding carboxylic acids is 1. The van der Waals surface area contributed by atoms with Gasteiger partial charge in [-0.1, -0.05) is 18.2 Å². The van der Waals surface area contributed by atoms with Gasteiger partial charge >= 0.3 is 5.63 Å². The molecule has 0 radical (unpaired) electrons. The summed E-state index contributed by atoms with van der Waals surface area (Å²) in [5, 5.41) is 6.03.